The third-order valence-electron chi connectivity index (χ3n) is 2.60. The molecule has 0 aliphatic heterocycles. The molecule has 0 saturated heterocycles. The van der Waals surface area contributed by atoms with Gasteiger partial charge in [0.05, 0.1) is 0 Å². The van der Waals surface area contributed by atoms with Gasteiger partial charge in [-0.3, -0.25) is 0 Å². The Morgan fingerprint density at radius 2 is 1.75 bits per heavy atom. The van der Waals surface area contributed by atoms with Crippen LogP contribution in [0.1, 0.15) is 5.56 Å². The Balaban J connectivity index is 0.000000347. The number of aromatic amines is 1. The molecular formula is C12H19N2O5P. The first-order valence-electron chi connectivity index (χ1n) is 5.90. The van der Waals surface area contributed by atoms with E-state index in [-0.39, 0.29) is 0 Å². The van der Waals surface area contributed by atoms with Crippen molar-refractivity contribution in [3.05, 3.63) is 29.8 Å². The molecule has 0 aliphatic rings. The van der Waals surface area contributed by atoms with E-state index >= 15 is 0 Å². The zero-order valence-electron chi connectivity index (χ0n) is 11.3. The van der Waals surface area contributed by atoms with Crippen molar-refractivity contribution in [2.24, 2.45) is 0 Å². The lowest BCUT2D eigenvalue weighted by molar-refractivity contribution is 0.275. The summed E-state index contributed by atoms with van der Waals surface area (Å²) in [5.74, 6) is 0.304. The summed E-state index contributed by atoms with van der Waals surface area (Å²) in [6.45, 7) is 0.940. The molecule has 0 aliphatic carbocycles. The summed E-state index contributed by atoms with van der Waals surface area (Å²) >= 11 is 0. The third kappa shape index (κ3) is 5.73. The lowest BCUT2D eigenvalue weighted by Gasteiger charge is -2.08. The fourth-order valence-corrected chi connectivity index (χ4v) is 1.77. The molecule has 0 bridgehead atoms. The Morgan fingerprint density at radius 1 is 1.20 bits per heavy atom. The Bertz CT molecular complexity index is 597. The van der Waals surface area contributed by atoms with E-state index in [0.29, 0.717) is 5.88 Å². The number of nitrogens with one attached hydrogen (secondary N) is 1. The van der Waals surface area contributed by atoms with E-state index in [4.69, 9.17) is 19.2 Å². The molecule has 7 nitrogen and oxygen atoms in total. The van der Waals surface area contributed by atoms with E-state index in [1.165, 1.54) is 0 Å². The van der Waals surface area contributed by atoms with Crippen molar-refractivity contribution in [2.75, 3.05) is 20.6 Å². The van der Waals surface area contributed by atoms with Crippen molar-refractivity contribution in [3.8, 4) is 5.88 Å². The highest BCUT2D eigenvalue weighted by atomic mass is 31.2. The predicted molar refractivity (Wildman–Crippen MR) is 76.5 cm³/mol. The summed E-state index contributed by atoms with van der Waals surface area (Å²) in [5.41, 5.74) is 2.02. The maximum Gasteiger partial charge on any atom is 0.466 e. The van der Waals surface area contributed by atoms with E-state index in [1.54, 1.807) is 0 Å². The van der Waals surface area contributed by atoms with E-state index < -0.39 is 7.82 Å². The Hall–Kier alpha value is -1.37. The van der Waals surface area contributed by atoms with Crippen molar-refractivity contribution < 1.29 is 24.4 Å². The first-order valence-corrected chi connectivity index (χ1v) is 7.46. The first kappa shape index (κ1) is 16.7. The fraction of sp³-hybridized carbons (Fsp3) is 0.333. The molecule has 0 spiro atoms. The number of para-hydroxylation sites is 1. The molecule has 0 amide bonds. The largest absolute Gasteiger partial charge is 0.494 e. The van der Waals surface area contributed by atoms with Gasteiger partial charge in [-0.25, -0.2) is 4.57 Å². The van der Waals surface area contributed by atoms with Crippen LogP contribution < -0.4 is 0 Å². The molecule has 5 N–H and O–H groups in total. The van der Waals surface area contributed by atoms with Gasteiger partial charge >= 0.3 is 7.82 Å². The summed E-state index contributed by atoms with van der Waals surface area (Å²) < 4.78 is 8.88. The highest BCUT2D eigenvalue weighted by Gasteiger charge is 2.09. The number of likely N-dealkylation sites (N-methyl/N-ethyl adjacent to an activating group) is 1. The van der Waals surface area contributed by atoms with Crippen molar-refractivity contribution >= 4 is 18.7 Å². The molecule has 8 heteroatoms. The average molecular weight is 302 g/mol. The van der Waals surface area contributed by atoms with Crippen molar-refractivity contribution in [2.45, 2.75) is 6.42 Å². The van der Waals surface area contributed by atoms with Crippen LogP contribution in [0.4, 0.5) is 0 Å². The van der Waals surface area contributed by atoms with Crippen LogP contribution in [0.3, 0.4) is 0 Å². The Labute approximate surface area is 116 Å². The standard InChI is InChI=1S/C12H16N2O.H3O4P/c1-14(2)8-7-10-9-5-3-4-6-11(9)13-12(10)15;1-5(2,3)4/h3-6,13,15H,7-8H2,1-2H3;(H3,1,2,3,4). The van der Waals surface area contributed by atoms with Gasteiger partial charge in [-0.05, 0) is 26.6 Å². The van der Waals surface area contributed by atoms with Gasteiger partial charge in [0.2, 0.25) is 0 Å². The number of phosphoric acid groups is 1. The number of aromatic nitrogens is 1. The molecule has 0 saturated carbocycles. The SMILES string of the molecule is CN(C)CCc1c(O)[nH]c2ccccc12.O=P(O)(O)O. The monoisotopic (exact) mass is 302 g/mol. The highest BCUT2D eigenvalue weighted by molar-refractivity contribution is 7.45. The summed E-state index contributed by atoms with van der Waals surface area (Å²) in [4.78, 5) is 26.7. The number of rotatable bonds is 3. The van der Waals surface area contributed by atoms with Gasteiger partial charge in [-0.1, -0.05) is 18.2 Å². The molecule has 0 atom stereocenters. The quantitative estimate of drug-likeness (QED) is 0.541. The predicted octanol–water partition coefficient (Wildman–Crippen LogP) is 1.05. The smallest absolute Gasteiger partial charge is 0.466 e. The second kappa shape index (κ2) is 6.88. The third-order valence-corrected chi connectivity index (χ3v) is 2.60. The molecule has 1 aromatic carbocycles. The molecule has 20 heavy (non-hydrogen) atoms. The molecule has 0 unspecified atom stereocenters. The minimum absolute atomic E-state index is 0.304. The van der Waals surface area contributed by atoms with E-state index in [9.17, 15) is 5.11 Å². The lowest BCUT2D eigenvalue weighted by Crippen LogP contribution is -2.14. The van der Waals surface area contributed by atoms with Gasteiger partial charge in [0, 0.05) is 23.0 Å². The van der Waals surface area contributed by atoms with Crippen LogP contribution in [-0.2, 0) is 11.0 Å². The number of hydrogen-bond acceptors (Lipinski definition) is 3. The van der Waals surface area contributed by atoms with Crippen LogP contribution in [0.25, 0.3) is 10.9 Å². The summed E-state index contributed by atoms with van der Waals surface area (Å²) in [7, 11) is -0.572. The summed E-state index contributed by atoms with van der Waals surface area (Å²) in [5, 5.41) is 10.9. The number of benzene rings is 1. The number of hydrogen-bond donors (Lipinski definition) is 5. The fourth-order valence-electron chi connectivity index (χ4n) is 1.77. The van der Waals surface area contributed by atoms with Gasteiger partial charge in [0.25, 0.3) is 0 Å². The van der Waals surface area contributed by atoms with E-state index in [1.807, 2.05) is 38.4 Å². The molecule has 2 rings (SSSR count). The second-order valence-corrected chi connectivity index (χ2v) is 5.59. The van der Waals surface area contributed by atoms with Crippen LogP contribution >= 0.6 is 7.82 Å². The Kier molecular flexibility index (Phi) is 5.74. The zero-order valence-corrected chi connectivity index (χ0v) is 12.2. The molecule has 0 radical (unpaired) electrons. The van der Waals surface area contributed by atoms with Gasteiger partial charge in [0.1, 0.15) is 0 Å². The minimum atomic E-state index is -4.64. The van der Waals surface area contributed by atoms with Crippen LogP contribution in [-0.4, -0.2) is 50.3 Å². The molecule has 1 heterocycles. The van der Waals surface area contributed by atoms with Crippen molar-refractivity contribution in [1.29, 1.82) is 0 Å². The normalized spacial score (nSPS) is 11.5. The molecule has 112 valence electrons. The van der Waals surface area contributed by atoms with Crippen molar-refractivity contribution in [1.82, 2.24) is 9.88 Å². The highest BCUT2D eigenvalue weighted by Crippen LogP contribution is 2.27. The topological polar surface area (TPSA) is 117 Å². The number of aromatic hydroxyl groups is 1. The maximum atomic E-state index is 9.77. The Morgan fingerprint density at radius 3 is 2.30 bits per heavy atom. The van der Waals surface area contributed by atoms with Gasteiger partial charge in [-0.15, -0.1) is 0 Å². The average Bonchev–Trinajstić information content (AvgIpc) is 2.59. The molecule has 0 fully saturated rings. The lowest BCUT2D eigenvalue weighted by atomic mass is 10.1. The molecule has 2 aromatic rings. The minimum Gasteiger partial charge on any atom is -0.494 e. The van der Waals surface area contributed by atoms with Gasteiger partial charge < -0.3 is 29.7 Å². The van der Waals surface area contributed by atoms with Crippen LogP contribution in [0.15, 0.2) is 24.3 Å². The van der Waals surface area contributed by atoms with Crippen molar-refractivity contribution in [3.63, 3.8) is 0 Å². The van der Waals surface area contributed by atoms with E-state index in [0.717, 1.165) is 29.4 Å². The van der Waals surface area contributed by atoms with E-state index in [2.05, 4.69) is 9.88 Å². The number of fused-ring (bicyclic) bond motifs is 1. The zero-order chi connectivity index (χ0) is 15.3. The van der Waals surface area contributed by atoms with Crippen LogP contribution in [0.2, 0.25) is 0 Å². The van der Waals surface area contributed by atoms with Crippen LogP contribution in [0, 0.1) is 0 Å². The molecular weight excluding hydrogens is 283 g/mol. The second-order valence-electron chi connectivity index (χ2n) is 4.56. The molecule has 1 aromatic heterocycles. The maximum absolute atomic E-state index is 9.77. The van der Waals surface area contributed by atoms with Gasteiger partial charge in [0.15, 0.2) is 5.88 Å². The summed E-state index contributed by atoms with van der Waals surface area (Å²) in [6, 6.07) is 7.98. The van der Waals surface area contributed by atoms with Crippen LogP contribution in [0.5, 0.6) is 5.88 Å². The number of nitrogens with zero attached hydrogens (tertiary/aromatic N) is 1. The summed E-state index contributed by atoms with van der Waals surface area (Å²) in [6.07, 6.45) is 0.864. The number of H-pyrrole nitrogens is 1. The van der Waals surface area contributed by atoms with Gasteiger partial charge in [-0.2, -0.15) is 0 Å². The first-order chi connectivity index (χ1) is 9.18.